The molecule has 1 rings (SSSR count). The molecule has 0 aliphatic carbocycles. The number of hydrogen-bond donors (Lipinski definition) is 2. The van der Waals surface area contributed by atoms with Gasteiger partial charge in [-0.25, -0.2) is 9.18 Å². The largest absolute Gasteiger partial charge is 0.462 e. The fourth-order valence-corrected chi connectivity index (χ4v) is 1.53. The number of nitrogens with one attached hydrogen (secondary N) is 1. The van der Waals surface area contributed by atoms with Gasteiger partial charge in [-0.15, -0.1) is 0 Å². The van der Waals surface area contributed by atoms with Crippen LogP contribution < -0.4 is 5.32 Å². The summed E-state index contributed by atoms with van der Waals surface area (Å²) >= 11 is 0. The molecule has 24 heavy (non-hydrogen) atoms. The summed E-state index contributed by atoms with van der Waals surface area (Å²) in [6, 6.07) is 2.67. The van der Waals surface area contributed by atoms with Crippen LogP contribution in [0.1, 0.15) is 37.0 Å². The Labute approximate surface area is 135 Å². The Morgan fingerprint density at radius 2 is 1.92 bits per heavy atom. The maximum atomic E-state index is 13.9. The highest BCUT2D eigenvalue weighted by Gasteiger charge is 2.55. The standard InChI is InChI=1S/C15H17F4NO4/c1-3-4-7-24-12(21)10-6-5-9(8-11(10)16)20-13(22)14(2,23)15(17,18)19/h5-6,8,23H,3-4,7H2,1-2H3,(H,20,22). The fraction of sp³-hybridized carbons (Fsp3) is 0.467. The van der Waals surface area contributed by atoms with Crippen LogP contribution in [0.2, 0.25) is 0 Å². The van der Waals surface area contributed by atoms with Gasteiger partial charge in [0.15, 0.2) is 0 Å². The van der Waals surface area contributed by atoms with E-state index in [-0.39, 0.29) is 19.2 Å². The van der Waals surface area contributed by atoms with Crippen molar-refractivity contribution in [2.24, 2.45) is 0 Å². The van der Waals surface area contributed by atoms with Gasteiger partial charge in [0.2, 0.25) is 5.60 Å². The number of unbranched alkanes of at least 4 members (excludes halogenated alkanes) is 1. The molecule has 1 unspecified atom stereocenters. The molecule has 0 spiro atoms. The second-order valence-corrected chi connectivity index (χ2v) is 5.21. The van der Waals surface area contributed by atoms with Crippen molar-refractivity contribution >= 4 is 17.6 Å². The molecule has 9 heteroatoms. The quantitative estimate of drug-likeness (QED) is 0.469. The number of benzene rings is 1. The molecule has 2 N–H and O–H groups in total. The Morgan fingerprint density at radius 3 is 2.42 bits per heavy atom. The second kappa shape index (κ2) is 7.61. The van der Waals surface area contributed by atoms with Crippen molar-refractivity contribution in [3.8, 4) is 0 Å². The minimum Gasteiger partial charge on any atom is -0.462 e. The molecule has 134 valence electrons. The van der Waals surface area contributed by atoms with Crippen molar-refractivity contribution in [3.05, 3.63) is 29.6 Å². The SMILES string of the molecule is CCCCOC(=O)c1ccc(NC(=O)C(C)(O)C(F)(F)F)cc1F. The summed E-state index contributed by atoms with van der Waals surface area (Å²) in [4.78, 5) is 23.1. The number of alkyl halides is 3. The van der Waals surface area contributed by atoms with E-state index in [0.717, 1.165) is 18.6 Å². The van der Waals surface area contributed by atoms with E-state index in [0.29, 0.717) is 12.5 Å². The maximum absolute atomic E-state index is 13.9. The molecule has 0 fully saturated rings. The molecule has 0 aromatic heterocycles. The number of rotatable bonds is 6. The molecular weight excluding hydrogens is 334 g/mol. The minimum atomic E-state index is -5.20. The van der Waals surface area contributed by atoms with Gasteiger partial charge in [-0.1, -0.05) is 13.3 Å². The Kier molecular flexibility index (Phi) is 6.30. The van der Waals surface area contributed by atoms with Crippen LogP contribution in [0.4, 0.5) is 23.2 Å². The normalized spacial score (nSPS) is 14.0. The molecule has 0 saturated carbocycles. The van der Waals surface area contributed by atoms with Crippen LogP contribution in [0, 0.1) is 5.82 Å². The lowest BCUT2D eigenvalue weighted by molar-refractivity contribution is -0.242. The average molecular weight is 351 g/mol. The second-order valence-electron chi connectivity index (χ2n) is 5.21. The number of esters is 1. The first-order valence-electron chi connectivity index (χ1n) is 7.08. The monoisotopic (exact) mass is 351 g/mol. The first-order chi connectivity index (χ1) is 11.0. The van der Waals surface area contributed by atoms with Crippen LogP contribution in [0.15, 0.2) is 18.2 Å². The van der Waals surface area contributed by atoms with E-state index in [1.54, 1.807) is 5.32 Å². The molecule has 0 radical (unpaired) electrons. The summed E-state index contributed by atoms with van der Waals surface area (Å²) in [7, 11) is 0. The lowest BCUT2D eigenvalue weighted by Gasteiger charge is -2.24. The Balaban J connectivity index is 2.85. The van der Waals surface area contributed by atoms with Gasteiger partial charge in [0.1, 0.15) is 5.82 Å². The zero-order valence-corrected chi connectivity index (χ0v) is 13.0. The molecule has 5 nitrogen and oxygen atoms in total. The third-order valence-corrected chi connectivity index (χ3v) is 3.17. The van der Waals surface area contributed by atoms with Crippen LogP contribution in [0.5, 0.6) is 0 Å². The number of hydrogen-bond acceptors (Lipinski definition) is 4. The maximum Gasteiger partial charge on any atom is 0.426 e. The van der Waals surface area contributed by atoms with E-state index in [1.807, 2.05) is 6.92 Å². The van der Waals surface area contributed by atoms with Crippen molar-refractivity contribution in [1.82, 2.24) is 0 Å². The van der Waals surface area contributed by atoms with Gasteiger partial charge in [-0.05, 0) is 31.5 Å². The minimum absolute atomic E-state index is 0.113. The van der Waals surface area contributed by atoms with E-state index < -0.39 is 35.0 Å². The summed E-state index contributed by atoms with van der Waals surface area (Å²) in [5.41, 5.74) is -4.39. The molecule has 0 heterocycles. The fourth-order valence-electron chi connectivity index (χ4n) is 1.53. The van der Waals surface area contributed by atoms with E-state index in [4.69, 9.17) is 4.74 Å². The van der Waals surface area contributed by atoms with Gasteiger partial charge in [0.25, 0.3) is 5.91 Å². The molecular formula is C15H17F4NO4. The summed E-state index contributed by atoms with van der Waals surface area (Å²) < 4.78 is 56.3. The zero-order chi connectivity index (χ0) is 18.5. The Hall–Kier alpha value is -2.16. The van der Waals surface area contributed by atoms with Gasteiger partial charge in [0, 0.05) is 5.69 Å². The van der Waals surface area contributed by atoms with E-state index in [2.05, 4.69) is 0 Å². The van der Waals surface area contributed by atoms with Gasteiger partial charge < -0.3 is 15.2 Å². The number of anilines is 1. The van der Waals surface area contributed by atoms with E-state index >= 15 is 0 Å². The Bertz CT molecular complexity index is 614. The van der Waals surface area contributed by atoms with Crippen molar-refractivity contribution in [2.45, 2.75) is 38.5 Å². The summed E-state index contributed by atoms with van der Waals surface area (Å²) in [6.07, 6.45) is -3.81. The third-order valence-electron chi connectivity index (χ3n) is 3.17. The molecule has 1 amide bonds. The molecule has 0 aliphatic rings. The van der Waals surface area contributed by atoms with Crippen LogP contribution in [0.3, 0.4) is 0 Å². The van der Waals surface area contributed by atoms with Crippen molar-refractivity contribution in [3.63, 3.8) is 0 Å². The summed E-state index contributed by atoms with van der Waals surface area (Å²) in [6.45, 7) is 2.27. The van der Waals surface area contributed by atoms with Crippen molar-refractivity contribution < 1.29 is 37.0 Å². The number of halogens is 4. The predicted molar refractivity (Wildman–Crippen MR) is 76.9 cm³/mol. The molecule has 0 aliphatic heterocycles. The highest BCUT2D eigenvalue weighted by molar-refractivity contribution is 5.98. The first kappa shape index (κ1) is 19.9. The topological polar surface area (TPSA) is 75.6 Å². The van der Waals surface area contributed by atoms with Gasteiger partial charge in [-0.3, -0.25) is 4.79 Å². The molecule has 1 aromatic rings. The smallest absolute Gasteiger partial charge is 0.426 e. The predicted octanol–water partition coefficient (Wildman–Crippen LogP) is 3.03. The van der Waals surface area contributed by atoms with E-state index in [1.165, 1.54) is 0 Å². The lowest BCUT2D eigenvalue weighted by Crippen LogP contribution is -2.52. The van der Waals surface area contributed by atoms with Crippen LogP contribution in [-0.4, -0.2) is 35.4 Å². The number of ether oxygens (including phenoxy) is 1. The molecule has 1 aromatic carbocycles. The van der Waals surface area contributed by atoms with Crippen LogP contribution >= 0.6 is 0 Å². The highest BCUT2D eigenvalue weighted by Crippen LogP contribution is 2.31. The molecule has 1 atom stereocenters. The van der Waals surface area contributed by atoms with Crippen LogP contribution in [-0.2, 0) is 9.53 Å². The zero-order valence-electron chi connectivity index (χ0n) is 13.0. The highest BCUT2D eigenvalue weighted by atomic mass is 19.4. The summed E-state index contributed by atoms with van der Waals surface area (Å²) in [5.74, 6) is -3.75. The molecule has 0 bridgehead atoms. The van der Waals surface area contributed by atoms with Gasteiger partial charge >= 0.3 is 12.1 Å². The number of aliphatic hydroxyl groups is 1. The lowest BCUT2D eigenvalue weighted by atomic mass is 10.1. The van der Waals surface area contributed by atoms with Crippen molar-refractivity contribution in [2.75, 3.05) is 11.9 Å². The summed E-state index contributed by atoms with van der Waals surface area (Å²) in [5, 5.41) is 11.0. The first-order valence-corrected chi connectivity index (χ1v) is 7.08. The number of carbonyl (C=O) groups excluding carboxylic acids is 2. The van der Waals surface area contributed by atoms with Crippen molar-refractivity contribution in [1.29, 1.82) is 0 Å². The molecule has 0 saturated heterocycles. The van der Waals surface area contributed by atoms with Crippen LogP contribution in [0.25, 0.3) is 0 Å². The average Bonchev–Trinajstić information content (AvgIpc) is 2.46. The van der Waals surface area contributed by atoms with E-state index in [9.17, 15) is 32.3 Å². The number of amides is 1. The Morgan fingerprint density at radius 1 is 1.29 bits per heavy atom. The van der Waals surface area contributed by atoms with Gasteiger partial charge in [-0.2, -0.15) is 13.2 Å². The number of carbonyl (C=O) groups is 2. The van der Waals surface area contributed by atoms with Gasteiger partial charge in [0.05, 0.1) is 12.2 Å². The third kappa shape index (κ3) is 4.67.